The number of hydrogen-bond donors (Lipinski definition) is 2. The number of nitrogens with one attached hydrogen (secondary N) is 2. The highest BCUT2D eigenvalue weighted by Crippen LogP contribution is 2.11. The van der Waals surface area contributed by atoms with E-state index in [9.17, 15) is 9.59 Å². The largest absolute Gasteiger partial charge is 0.466 e. The maximum atomic E-state index is 12.7. The number of carbonyl (C=O) groups excluding carboxylic acids is 1. The molecular formula is C19H23N5O3. The Labute approximate surface area is 156 Å². The van der Waals surface area contributed by atoms with Gasteiger partial charge < -0.3 is 10.1 Å². The Balaban J connectivity index is 1.80. The Kier molecular flexibility index (Phi) is 5.54. The maximum Gasteiger partial charge on any atom is 0.306 e. The normalized spacial score (nSPS) is 10.9. The third-order valence-corrected chi connectivity index (χ3v) is 4.39. The minimum absolute atomic E-state index is 0.143. The molecule has 0 radical (unpaired) electrons. The fraction of sp³-hybridized carbons (Fsp3) is 0.368. The third-order valence-electron chi connectivity index (χ3n) is 4.39. The first-order valence-electron chi connectivity index (χ1n) is 8.91. The zero-order chi connectivity index (χ0) is 19.4. The zero-order valence-corrected chi connectivity index (χ0v) is 15.7. The summed E-state index contributed by atoms with van der Waals surface area (Å²) in [6, 6.07) is 8.05. The number of fused-ring (bicyclic) bond motifs is 1. The lowest BCUT2D eigenvalue weighted by atomic mass is 10.1. The van der Waals surface area contributed by atoms with E-state index >= 15 is 0 Å². The first-order valence-corrected chi connectivity index (χ1v) is 8.91. The van der Waals surface area contributed by atoms with Crippen LogP contribution in [0.25, 0.3) is 5.78 Å². The second kappa shape index (κ2) is 8.03. The van der Waals surface area contributed by atoms with E-state index in [-0.39, 0.29) is 24.4 Å². The molecule has 2 N–H and O–H groups in total. The lowest BCUT2D eigenvalue weighted by molar-refractivity contribution is -0.143. The first kappa shape index (κ1) is 18.6. The molecule has 8 nitrogen and oxygen atoms in total. The fourth-order valence-electron chi connectivity index (χ4n) is 2.87. The Morgan fingerprint density at radius 2 is 2.04 bits per heavy atom. The molecule has 0 aliphatic carbocycles. The van der Waals surface area contributed by atoms with Crippen LogP contribution in [0.3, 0.4) is 0 Å². The number of esters is 1. The number of ether oxygens (including phenoxy) is 1. The molecule has 0 saturated carbocycles. The summed E-state index contributed by atoms with van der Waals surface area (Å²) >= 11 is 0. The van der Waals surface area contributed by atoms with Gasteiger partial charge in [-0.2, -0.15) is 9.50 Å². The van der Waals surface area contributed by atoms with E-state index in [4.69, 9.17) is 4.74 Å². The van der Waals surface area contributed by atoms with Crippen molar-refractivity contribution in [2.45, 2.75) is 40.2 Å². The second-order valence-electron chi connectivity index (χ2n) is 6.27. The number of carbonyl (C=O) groups is 1. The number of benzene rings is 1. The van der Waals surface area contributed by atoms with E-state index in [1.165, 1.54) is 10.1 Å². The Hall–Kier alpha value is -3.16. The molecule has 3 rings (SSSR count). The minimum Gasteiger partial charge on any atom is -0.466 e. The van der Waals surface area contributed by atoms with Gasteiger partial charge in [0, 0.05) is 18.5 Å². The van der Waals surface area contributed by atoms with Crippen LogP contribution in [0.4, 0.5) is 5.95 Å². The molecule has 142 valence electrons. The van der Waals surface area contributed by atoms with Crippen LogP contribution in [0, 0.1) is 13.8 Å². The summed E-state index contributed by atoms with van der Waals surface area (Å²) in [5.74, 6) is 0.432. The molecule has 3 aromatic rings. The van der Waals surface area contributed by atoms with Gasteiger partial charge in [0.1, 0.15) is 0 Å². The Bertz CT molecular complexity index is 1020. The number of H-pyrrole nitrogens is 1. The van der Waals surface area contributed by atoms with Crippen molar-refractivity contribution < 1.29 is 9.53 Å². The summed E-state index contributed by atoms with van der Waals surface area (Å²) in [5.41, 5.74) is 3.12. The van der Waals surface area contributed by atoms with Crippen LogP contribution in [-0.2, 0) is 22.5 Å². The lowest BCUT2D eigenvalue weighted by Gasteiger charge is -2.05. The molecule has 0 bridgehead atoms. The van der Waals surface area contributed by atoms with Gasteiger partial charge in [-0.3, -0.25) is 14.7 Å². The summed E-state index contributed by atoms with van der Waals surface area (Å²) in [7, 11) is 0. The van der Waals surface area contributed by atoms with Crippen molar-refractivity contribution in [3.63, 3.8) is 0 Å². The Morgan fingerprint density at radius 3 is 2.78 bits per heavy atom. The van der Waals surface area contributed by atoms with Crippen LogP contribution in [0.15, 0.2) is 29.1 Å². The topological polar surface area (TPSA) is 101 Å². The molecule has 2 aromatic heterocycles. The lowest BCUT2D eigenvalue weighted by Crippen LogP contribution is -2.23. The summed E-state index contributed by atoms with van der Waals surface area (Å²) in [6.45, 7) is 6.44. The number of aryl methyl sites for hydroxylation is 2. The first-order chi connectivity index (χ1) is 13.0. The smallest absolute Gasteiger partial charge is 0.306 e. The van der Waals surface area contributed by atoms with Gasteiger partial charge in [-0.15, -0.1) is 0 Å². The van der Waals surface area contributed by atoms with Crippen LogP contribution < -0.4 is 10.9 Å². The average Bonchev–Trinajstić information content (AvgIpc) is 3.04. The van der Waals surface area contributed by atoms with Crippen molar-refractivity contribution in [2.24, 2.45) is 0 Å². The van der Waals surface area contributed by atoms with Gasteiger partial charge in [0.05, 0.1) is 12.3 Å². The predicted octanol–water partition coefficient (Wildman–Crippen LogP) is 2.14. The quantitative estimate of drug-likeness (QED) is 0.619. The van der Waals surface area contributed by atoms with Crippen molar-refractivity contribution in [3.8, 4) is 0 Å². The SMILES string of the molecule is CCOC(=O)CCc1c(C)nc2nc(NCc3ccccc3C)[nH]n2c1=O. The average molecular weight is 369 g/mol. The maximum absolute atomic E-state index is 12.7. The number of rotatable bonds is 7. The van der Waals surface area contributed by atoms with Gasteiger partial charge in [-0.1, -0.05) is 24.3 Å². The highest BCUT2D eigenvalue weighted by atomic mass is 16.5. The Morgan fingerprint density at radius 1 is 1.26 bits per heavy atom. The molecule has 1 aromatic carbocycles. The molecule has 8 heteroatoms. The van der Waals surface area contributed by atoms with Crippen molar-refractivity contribution in [3.05, 3.63) is 57.0 Å². The van der Waals surface area contributed by atoms with E-state index in [0.717, 1.165) is 5.56 Å². The minimum atomic E-state index is -0.327. The van der Waals surface area contributed by atoms with Crippen LogP contribution in [-0.4, -0.2) is 32.2 Å². The summed E-state index contributed by atoms with van der Waals surface area (Å²) in [4.78, 5) is 33.0. The highest BCUT2D eigenvalue weighted by Gasteiger charge is 2.15. The molecule has 0 fully saturated rings. The van der Waals surface area contributed by atoms with Crippen molar-refractivity contribution in [1.29, 1.82) is 0 Å². The van der Waals surface area contributed by atoms with Gasteiger partial charge in [-0.25, -0.2) is 4.98 Å². The number of hydrogen-bond acceptors (Lipinski definition) is 6. The summed E-state index contributed by atoms with van der Waals surface area (Å²) in [5, 5.41) is 6.12. The van der Waals surface area contributed by atoms with Gasteiger partial charge >= 0.3 is 5.97 Å². The molecule has 0 aliphatic heterocycles. The molecular weight excluding hydrogens is 346 g/mol. The zero-order valence-electron chi connectivity index (χ0n) is 15.7. The number of nitrogens with zero attached hydrogens (tertiary/aromatic N) is 3. The molecule has 27 heavy (non-hydrogen) atoms. The summed E-state index contributed by atoms with van der Waals surface area (Å²) < 4.78 is 6.22. The van der Waals surface area contributed by atoms with Crippen LogP contribution in [0.1, 0.15) is 35.7 Å². The van der Waals surface area contributed by atoms with E-state index in [0.29, 0.717) is 36.1 Å². The molecule has 0 aliphatic rings. The summed E-state index contributed by atoms with van der Waals surface area (Å²) in [6.07, 6.45) is 0.425. The molecule has 0 saturated heterocycles. The second-order valence-corrected chi connectivity index (χ2v) is 6.27. The number of aromatic amines is 1. The van der Waals surface area contributed by atoms with E-state index in [1.807, 2.05) is 31.2 Å². The monoisotopic (exact) mass is 369 g/mol. The van der Waals surface area contributed by atoms with Gasteiger partial charge in [0.2, 0.25) is 5.95 Å². The van der Waals surface area contributed by atoms with E-state index in [1.54, 1.807) is 13.8 Å². The standard InChI is InChI=1S/C19H23N5O3/c1-4-27-16(25)10-9-15-13(3)21-19-22-18(23-24(19)17(15)26)20-11-14-8-6-5-7-12(14)2/h5-8H,4,9-11H2,1-3H3,(H2,20,21,22,23). The molecule has 2 heterocycles. The van der Waals surface area contributed by atoms with Gasteiger partial charge in [0.15, 0.2) is 0 Å². The molecule has 0 unspecified atom stereocenters. The number of anilines is 1. The van der Waals surface area contributed by atoms with E-state index < -0.39 is 0 Å². The van der Waals surface area contributed by atoms with Crippen LogP contribution in [0.2, 0.25) is 0 Å². The molecule has 0 atom stereocenters. The predicted molar refractivity (Wildman–Crippen MR) is 102 cm³/mol. The third kappa shape index (κ3) is 4.16. The van der Waals surface area contributed by atoms with Gasteiger partial charge in [-0.05, 0) is 38.3 Å². The molecule has 0 spiro atoms. The fourth-order valence-corrected chi connectivity index (χ4v) is 2.87. The molecule has 0 amide bonds. The van der Waals surface area contributed by atoms with Crippen molar-refractivity contribution >= 4 is 17.7 Å². The van der Waals surface area contributed by atoms with E-state index in [2.05, 4.69) is 20.4 Å². The van der Waals surface area contributed by atoms with Gasteiger partial charge in [0.25, 0.3) is 11.3 Å². The van der Waals surface area contributed by atoms with Crippen molar-refractivity contribution in [1.82, 2.24) is 19.6 Å². The van der Waals surface area contributed by atoms with Crippen LogP contribution in [0.5, 0.6) is 0 Å². The number of aromatic nitrogens is 4. The highest BCUT2D eigenvalue weighted by molar-refractivity contribution is 5.69. The van der Waals surface area contributed by atoms with Crippen molar-refractivity contribution in [2.75, 3.05) is 11.9 Å². The van der Waals surface area contributed by atoms with Crippen LogP contribution >= 0.6 is 0 Å².